The van der Waals surface area contributed by atoms with Crippen LogP contribution in [0.4, 0.5) is 0 Å². The normalized spacial score (nSPS) is 15.3. The highest BCUT2D eigenvalue weighted by Gasteiger charge is 2.21. The van der Waals surface area contributed by atoms with Crippen molar-refractivity contribution in [2.75, 3.05) is 7.11 Å². The summed E-state index contributed by atoms with van der Waals surface area (Å²) in [5.74, 6) is 2.18. The van der Waals surface area contributed by atoms with Crippen LogP contribution in [0.1, 0.15) is 37.3 Å². The van der Waals surface area contributed by atoms with Crippen LogP contribution >= 0.6 is 28.1 Å². The summed E-state index contributed by atoms with van der Waals surface area (Å²) in [7, 11) is 1.67. The number of methoxy groups -OCH3 is 1. The lowest BCUT2D eigenvalue weighted by Crippen LogP contribution is -2.02. The van der Waals surface area contributed by atoms with Gasteiger partial charge in [-0.15, -0.1) is 0 Å². The number of aromatic nitrogens is 2. The van der Waals surface area contributed by atoms with Crippen LogP contribution in [-0.4, -0.2) is 17.1 Å². The van der Waals surface area contributed by atoms with Crippen molar-refractivity contribution in [1.82, 2.24) is 9.97 Å². The zero-order valence-electron chi connectivity index (χ0n) is 11.9. The molecule has 0 spiro atoms. The fourth-order valence-electron chi connectivity index (χ4n) is 2.88. The predicted octanol–water partition coefficient (Wildman–Crippen LogP) is 5.23. The van der Waals surface area contributed by atoms with Gasteiger partial charge in [0, 0.05) is 17.2 Å². The minimum atomic E-state index is 0.549. The highest BCUT2D eigenvalue weighted by molar-refractivity contribution is 9.10. The van der Waals surface area contributed by atoms with Crippen molar-refractivity contribution in [2.45, 2.75) is 31.6 Å². The molecule has 1 aromatic carbocycles. The molecule has 2 aromatic rings. The van der Waals surface area contributed by atoms with Gasteiger partial charge in [-0.05, 0) is 40.9 Å². The number of H-pyrrole nitrogens is 1. The molecule has 1 aliphatic rings. The van der Waals surface area contributed by atoms with Gasteiger partial charge in [-0.1, -0.05) is 37.2 Å². The first-order valence-electron chi connectivity index (χ1n) is 7.13. The molecular formula is C16H17BrN2OS. The van der Waals surface area contributed by atoms with E-state index >= 15 is 0 Å². The molecule has 0 saturated heterocycles. The fraction of sp³-hybridized carbons (Fsp3) is 0.375. The highest BCUT2D eigenvalue weighted by Crippen LogP contribution is 2.37. The van der Waals surface area contributed by atoms with Crippen LogP contribution in [0.25, 0.3) is 11.4 Å². The zero-order chi connectivity index (χ0) is 14.8. The Morgan fingerprint density at radius 3 is 2.81 bits per heavy atom. The predicted molar refractivity (Wildman–Crippen MR) is 90.3 cm³/mol. The van der Waals surface area contributed by atoms with E-state index in [0.717, 1.165) is 21.6 Å². The topological polar surface area (TPSA) is 37.9 Å². The monoisotopic (exact) mass is 364 g/mol. The fourth-order valence-corrected chi connectivity index (χ4v) is 3.59. The largest absolute Gasteiger partial charge is 0.497 e. The van der Waals surface area contributed by atoms with E-state index in [1.54, 1.807) is 7.11 Å². The maximum Gasteiger partial charge on any atom is 0.144 e. The molecule has 0 bridgehead atoms. The second kappa shape index (κ2) is 6.28. The van der Waals surface area contributed by atoms with Gasteiger partial charge in [-0.3, -0.25) is 0 Å². The first kappa shape index (κ1) is 14.7. The Bertz CT molecular complexity index is 708. The maximum absolute atomic E-state index is 5.42. The SMILES string of the molecule is COc1cccc(-c2nc(=S)c(Br)c(C3CCCC3)[nH]2)c1. The van der Waals surface area contributed by atoms with Crippen molar-refractivity contribution in [3.8, 4) is 17.1 Å². The Morgan fingerprint density at radius 2 is 2.10 bits per heavy atom. The smallest absolute Gasteiger partial charge is 0.144 e. The van der Waals surface area contributed by atoms with Crippen LogP contribution < -0.4 is 4.74 Å². The number of halogens is 1. The molecule has 5 heteroatoms. The molecule has 21 heavy (non-hydrogen) atoms. The molecule has 1 aliphatic carbocycles. The molecule has 0 amide bonds. The molecule has 0 unspecified atom stereocenters. The standard InChI is InChI=1S/C16H17BrN2OS/c1-20-12-8-4-7-11(9-12)15-18-14(10-5-2-3-6-10)13(17)16(21)19-15/h4,7-10H,2-3,5-6H2,1H3,(H,18,19,21). The van der Waals surface area contributed by atoms with Gasteiger partial charge in [-0.2, -0.15) is 0 Å². The number of nitrogens with zero attached hydrogens (tertiary/aromatic N) is 1. The summed E-state index contributed by atoms with van der Waals surface area (Å²) in [5.41, 5.74) is 2.18. The molecule has 1 aromatic heterocycles. The van der Waals surface area contributed by atoms with Crippen LogP contribution in [0.3, 0.4) is 0 Å². The number of benzene rings is 1. The zero-order valence-corrected chi connectivity index (χ0v) is 14.3. The first-order valence-corrected chi connectivity index (χ1v) is 8.33. The summed E-state index contributed by atoms with van der Waals surface area (Å²) < 4.78 is 6.84. The highest BCUT2D eigenvalue weighted by atomic mass is 79.9. The minimum Gasteiger partial charge on any atom is -0.497 e. The molecule has 1 N–H and O–H groups in total. The van der Waals surface area contributed by atoms with E-state index in [1.807, 2.05) is 24.3 Å². The summed E-state index contributed by atoms with van der Waals surface area (Å²) in [5, 5.41) is 0. The van der Waals surface area contributed by atoms with Gasteiger partial charge >= 0.3 is 0 Å². The van der Waals surface area contributed by atoms with Gasteiger partial charge in [-0.25, -0.2) is 4.98 Å². The van der Waals surface area contributed by atoms with Crippen molar-refractivity contribution in [3.63, 3.8) is 0 Å². The lowest BCUT2D eigenvalue weighted by atomic mass is 10.0. The molecule has 1 saturated carbocycles. The van der Waals surface area contributed by atoms with Crippen LogP contribution in [0.15, 0.2) is 28.7 Å². The molecule has 0 aliphatic heterocycles. The molecule has 0 atom stereocenters. The van der Waals surface area contributed by atoms with Gasteiger partial charge in [0.2, 0.25) is 0 Å². The van der Waals surface area contributed by atoms with E-state index < -0.39 is 0 Å². The number of nitrogens with one attached hydrogen (secondary N) is 1. The number of rotatable bonds is 3. The Morgan fingerprint density at radius 1 is 1.33 bits per heavy atom. The summed E-state index contributed by atoms with van der Waals surface area (Å²) in [6, 6.07) is 7.88. The maximum atomic E-state index is 5.42. The third-order valence-electron chi connectivity index (χ3n) is 4.00. The quantitative estimate of drug-likeness (QED) is 0.757. The molecule has 1 heterocycles. The van der Waals surface area contributed by atoms with Crippen LogP contribution in [0.2, 0.25) is 0 Å². The Hall–Kier alpha value is -1.20. The molecule has 110 valence electrons. The molecule has 1 fully saturated rings. The third kappa shape index (κ3) is 3.04. The van der Waals surface area contributed by atoms with E-state index in [1.165, 1.54) is 31.4 Å². The Kier molecular flexibility index (Phi) is 4.40. The van der Waals surface area contributed by atoms with E-state index in [0.29, 0.717) is 10.6 Å². The first-order chi connectivity index (χ1) is 10.2. The van der Waals surface area contributed by atoms with Gasteiger partial charge in [0.25, 0.3) is 0 Å². The summed E-state index contributed by atoms with van der Waals surface area (Å²) >= 11 is 9.02. The number of aromatic amines is 1. The van der Waals surface area contributed by atoms with E-state index in [2.05, 4.69) is 25.9 Å². The van der Waals surface area contributed by atoms with Crippen LogP contribution in [0.5, 0.6) is 5.75 Å². The number of hydrogen-bond acceptors (Lipinski definition) is 3. The third-order valence-corrected chi connectivity index (χ3v) is 5.36. The average molecular weight is 365 g/mol. The van der Waals surface area contributed by atoms with Crippen LogP contribution in [0, 0.1) is 4.64 Å². The molecular weight excluding hydrogens is 348 g/mol. The van der Waals surface area contributed by atoms with Gasteiger partial charge in [0.05, 0.1) is 11.6 Å². The van der Waals surface area contributed by atoms with E-state index in [4.69, 9.17) is 17.0 Å². The molecule has 3 rings (SSSR count). The Labute approximate surface area is 137 Å². The van der Waals surface area contributed by atoms with Crippen LogP contribution in [-0.2, 0) is 0 Å². The summed E-state index contributed by atoms with van der Waals surface area (Å²) in [6.45, 7) is 0. The van der Waals surface area contributed by atoms with Gasteiger partial charge in [0.1, 0.15) is 16.2 Å². The number of hydrogen-bond donors (Lipinski definition) is 1. The van der Waals surface area contributed by atoms with Crippen molar-refractivity contribution < 1.29 is 4.74 Å². The second-order valence-electron chi connectivity index (χ2n) is 5.33. The number of ether oxygens (including phenoxy) is 1. The minimum absolute atomic E-state index is 0.549. The van der Waals surface area contributed by atoms with Crippen molar-refractivity contribution >= 4 is 28.1 Å². The van der Waals surface area contributed by atoms with E-state index in [9.17, 15) is 0 Å². The van der Waals surface area contributed by atoms with Gasteiger partial charge in [0.15, 0.2) is 0 Å². The lowest BCUT2D eigenvalue weighted by molar-refractivity contribution is 0.415. The molecule has 0 radical (unpaired) electrons. The van der Waals surface area contributed by atoms with Crippen molar-refractivity contribution in [3.05, 3.63) is 39.1 Å². The lowest BCUT2D eigenvalue weighted by Gasteiger charge is -2.14. The van der Waals surface area contributed by atoms with Gasteiger partial charge < -0.3 is 9.72 Å². The summed E-state index contributed by atoms with van der Waals surface area (Å²) in [4.78, 5) is 7.99. The Balaban J connectivity index is 2.08. The average Bonchev–Trinajstić information content (AvgIpc) is 3.04. The van der Waals surface area contributed by atoms with Crippen molar-refractivity contribution in [1.29, 1.82) is 0 Å². The van der Waals surface area contributed by atoms with E-state index in [-0.39, 0.29) is 0 Å². The van der Waals surface area contributed by atoms with Crippen molar-refractivity contribution in [2.24, 2.45) is 0 Å². The summed E-state index contributed by atoms with van der Waals surface area (Å²) in [6.07, 6.45) is 5.00. The second-order valence-corrected chi connectivity index (χ2v) is 6.51. The molecule has 3 nitrogen and oxygen atoms in total.